The molecule has 7 nitrogen and oxygen atoms in total. The van der Waals surface area contributed by atoms with Crippen LogP contribution in [0.4, 0.5) is 13.6 Å². The number of benzene rings is 2. The van der Waals surface area contributed by atoms with E-state index < -0.39 is 48.9 Å². The summed E-state index contributed by atoms with van der Waals surface area (Å²) in [6.45, 7) is 2.69. The highest BCUT2D eigenvalue weighted by molar-refractivity contribution is 5.85. The molecule has 2 amide bonds. The number of hydrogen-bond acceptors (Lipinski definition) is 4. The van der Waals surface area contributed by atoms with Crippen LogP contribution in [0.25, 0.3) is 11.1 Å². The third-order valence-electron chi connectivity index (χ3n) is 6.72. The minimum atomic E-state index is -3.26. The molecular formula is C26H28F2N2O5. The van der Waals surface area contributed by atoms with Gasteiger partial charge in [0.25, 0.3) is 5.92 Å². The topological polar surface area (TPSA) is 95.9 Å². The zero-order valence-corrected chi connectivity index (χ0v) is 19.5. The molecule has 0 bridgehead atoms. The van der Waals surface area contributed by atoms with Gasteiger partial charge in [0.15, 0.2) is 0 Å². The number of carboxylic acids is 1. The number of nitrogens with one attached hydrogen (secondary N) is 1. The summed E-state index contributed by atoms with van der Waals surface area (Å²) in [4.78, 5) is 37.4. The van der Waals surface area contributed by atoms with Crippen LogP contribution in [-0.2, 0) is 14.3 Å². The summed E-state index contributed by atoms with van der Waals surface area (Å²) in [5.74, 6) is -5.82. The van der Waals surface area contributed by atoms with Gasteiger partial charge in [0, 0.05) is 24.8 Å². The predicted octanol–water partition coefficient (Wildman–Crippen LogP) is 4.26. The number of carbonyl (C=O) groups is 3. The lowest BCUT2D eigenvalue weighted by atomic mass is 9.98. The van der Waals surface area contributed by atoms with Crippen molar-refractivity contribution in [1.82, 2.24) is 10.2 Å². The van der Waals surface area contributed by atoms with E-state index in [2.05, 4.69) is 5.32 Å². The largest absolute Gasteiger partial charge is 0.480 e. The zero-order valence-electron chi connectivity index (χ0n) is 19.5. The maximum Gasteiger partial charge on any atom is 0.407 e. The third kappa shape index (κ3) is 5.13. The first-order valence-corrected chi connectivity index (χ1v) is 11.6. The fourth-order valence-corrected chi connectivity index (χ4v) is 4.85. The fourth-order valence-electron chi connectivity index (χ4n) is 4.85. The number of halogens is 2. The van der Waals surface area contributed by atoms with Crippen molar-refractivity contribution in [3.63, 3.8) is 0 Å². The number of amides is 2. The lowest BCUT2D eigenvalue weighted by Gasteiger charge is -2.26. The van der Waals surface area contributed by atoms with E-state index in [0.29, 0.717) is 4.90 Å². The van der Waals surface area contributed by atoms with Crippen LogP contribution in [0.2, 0.25) is 0 Å². The third-order valence-corrected chi connectivity index (χ3v) is 6.72. The van der Waals surface area contributed by atoms with Gasteiger partial charge in [0.1, 0.15) is 12.6 Å². The molecule has 0 unspecified atom stereocenters. The summed E-state index contributed by atoms with van der Waals surface area (Å²) in [7, 11) is 0. The van der Waals surface area contributed by atoms with Crippen LogP contribution in [0.1, 0.15) is 43.7 Å². The van der Waals surface area contributed by atoms with Crippen molar-refractivity contribution in [3.05, 3.63) is 59.7 Å². The Morgan fingerprint density at radius 2 is 1.66 bits per heavy atom. The van der Waals surface area contributed by atoms with Crippen LogP contribution in [-0.4, -0.2) is 59.1 Å². The summed E-state index contributed by atoms with van der Waals surface area (Å²) in [6, 6.07) is 13.6. The molecule has 186 valence electrons. The van der Waals surface area contributed by atoms with Crippen molar-refractivity contribution in [2.75, 3.05) is 13.2 Å². The average Bonchev–Trinajstić information content (AvgIpc) is 3.31. The minimum Gasteiger partial charge on any atom is -0.480 e. The first kappa shape index (κ1) is 24.6. The van der Waals surface area contributed by atoms with Crippen LogP contribution in [0.3, 0.4) is 0 Å². The van der Waals surface area contributed by atoms with Gasteiger partial charge in [0.05, 0.1) is 6.54 Å². The predicted molar refractivity (Wildman–Crippen MR) is 124 cm³/mol. The Hall–Kier alpha value is -3.49. The number of carboxylic acid groups (broad SMARTS) is 1. The van der Waals surface area contributed by atoms with E-state index in [1.54, 1.807) is 13.8 Å². The number of fused-ring (bicyclic) bond motifs is 3. The molecule has 0 radical (unpaired) electrons. The highest BCUT2D eigenvalue weighted by Gasteiger charge is 2.50. The van der Waals surface area contributed by atoms with Crippen molar-refractivity contribution in [2.24, 2.45) is 5.92 Å². The standard InChI is InChI=1S/C26H28F2N2O5/c1-15(2)21(11-23(31)30-14-26(27,28)12-22(30)24(32)33)29-25(34)35-13-20-18-9-5-3-7-16(18)17-8-4-6-10-19(17)20/h3-10,15,20-22H,11-14H2,1-2H3,(H,29,34)(H,32,33)/t21-,22+/m0/s1. The molecule has 0 saturated carbocycles. The molecule has 2 aliphatic rings. The van der Waals surface area contributed by atoms with Gasteiger partial charge >= 0.3 is 12.1 Å². The molecule has 1 saturated heterocycles. The van der Waals surface area contributed by atoms with Crippen molar-refractivity contribution < 1.29 is 33.0 Å². The smallest absolute Gasteiger partial charge is 0.407 e. The van der Waals surface area contributed by atoms with Crippen LogP contribution in [0.5, 0.6) is 0 Å². The molecule has 0 spiro atoms. The Bertz CT molecular complexity index is 1090. The van der Waals surface area contributed by atoms with E-state index in [0.717, 1.165) is 22.3 Å². The summed E-state index contributed by atoms with van der Waals surface area (Å²) in [5.41, 5.74) is 4.31. The number of ether oxygens (including phenoxy) is 1. The maximum absolute atomic E-state index is 13.8. The van der Waals surface area contributed by atoms with Gasteiger partial charge in [-0.2, -0.15) is 0 Å². The molecular weight excluding hydrogens is 458 g/mol. The summed E-state index contributed by atoms with van der Waals surface area (Å²) < 4.78 is 33.1. The van der Waals surface area contributed by atoms with Gasteiger partial charge in [0.2, 0.25) is 5.91 Å². The summed E-state index contributed by atoms with van der Waals surface area (Å²) in [6.07, 6.45) is -1.94. The molecule has 2 aromatic rings. The number of nitrogens with zero attached hydrogens (tertiary/aromatic N) is 1. The van der Waals surface area contributed by atoms with Crippen LogP contribution >= 0.6 is 0 Å². The second-order valence-corrected chi connectivity index (χ2v) is 9.46. The van der Waals surface area contributed by atoms with Crippen molar-refractivity contribution in [1.29, 1.82) is 0 Å². The van der Waals surface area contributed by atoms with E-state index in [1.807, 2.05) is 48.5 Å². The second-order valence-electron chi connectivity index (χ2n) is 9.46. The van der Waals surface area contributed by atoms with Crippen LogP contribution < -0.4 is 5.32 Å². The maximum atomic E-state index is 13.8. The highest BCUT2D eigenvalue weighted by atomic mass is 19.3. The molecule has 35 heavy (non-hydrogen) atoms. The molecule has 9 heteroatoms. The average molecular weight is 487 g/mol. The molecule has 1 heterocycles. The second kappa shape index (κ2) is 9.64. The first-order valence-electron chi connectivity index (χ1n) is 11.6. The van der Waals surface area contributed by atoms with Gasteiger partial charge in [-0.15, -0.1) is 0 Å². The van der Waals surface area contributed by atoms with Gasteiger partial charge in [-0.3, -0.25) is 4.79 Å². The lowest BCUT2D eigenvalue weighted by molar-refractivity contribution is -0.148. The molecule has 1 aliphatic heterocycles. The molecule has 2 aromatic carbocycles. The van der Waals surface area contributed by atoms with E-state index in [-0.39, 0.29) is 24.9 Å². The normalized spacial score (nSPS) is 19.2. The van der Waals surface area contributed by atoms with E-state index >= 15 is 0 Å². The molecule has 2 atom stereocenters. The van der Waals surface area contributed by atoms with Crippen LogP contribution in [0, 0.1) is 5.92 Å². The van der Waals surface area contributed by atoms with Crippen LogP contribution in [0.15, 0.2) is 48.5 Å². The lowest BCUT2D eigenvalue weighted by Crippen LogP contribution is -2.46. The molecule has 1 fully saturated rings. The van der Waals surface area contributed by atoms with E-state index in [4.69, 9.17) is 4.74 Å². The number of likely N-dealkylation sites (tertiary alicyclic amines) is 1. The Labute approximate surface area is 202 Å². The number of alkyl carbamates (subject to hydrolysis) is 1. The quantitative estimate of drug-likeness (QED) is 0.610. The molecule has 2 N–H and O–H groups in total. The first-order chi connectivity index (χ1) is 16.6. The fraction of sp³-hybridized carbons (Fsp3) is 0.423. The molecule has 4 rings (SSSR count). The summed E-state index contributed by atoms with van der Waals surface area (Å²) in [5, 5.41) is 11.9. The number of rotatable bonds is 7. The monoisotopic (exact) mass is 486 g/mol. The van der Waals surface area contributed by atoms with E-state index in [9.17, 15) is 28.3 Å². The molecule has 0 aromatic heterocycles. The number of carbonyl (C=O) groups excluding carboxylic acids is 2. The van der Waals surface area contributed by atoms with Gasteiger partial charge in [-0.25, -0.2) is 18.4 Å². The highest BCUT2D eigenvalue weighted by Crippen LogP contribution is 2.44. The SMILES string of the molecule is CC(C)[C@H](CC(=O)N1CC(F)(F)C[C@@H]1C(=O)O)NC(=O)OCC1c2ccccc2-c2ccccc21. The number of alkyl halides is 2. The van der Waals surface area contributed by atoms with Crippen molar-refractivity contribution in [2.45, 2.75) is 50.6 Å². The molecule has 1 aliphatic carbocycles. The van der Waals surface area contributed by atoms with Gasteiger partial charge < -0.3 is 20.1 Å². The van der Waals surface area contributed by atoms with E-state index in [1.165, 1.54) is 0 Å². The Morgan fingerprint density at radius 1 is 1.09 bits per heavy atom. The summed E-state index contributed by atoms with van der Waals surface area (Å²) >= 11 is 0. The number of aliphatic carboxylic acids is 1. The van der Waals surface area contributed by atoms with Crippen molar-refractivity contribution in [3.8, 4) is 11.1 Å². The minimum absolute atomic E-state index is 0.0953. The Morgan fingerprint density at radius 3 is 2.20 bits per heavy atom. The Kier molecular flexibility index (Phi) is 6.78. The van der Waals surface area contributed by atoms with Gasteiger partial charge in [-0.05, 0) is 28.2 Å². The van der Waals surface area contributed by atoms with Crippen molar-refractivity contribution >= 4 is 18.0 Å². The number of hydrogen-bond donors (Lipinski definition) is 2. The Balaban J connectivity index is 1.39. The van der Waals surface area contributed by atoms with Gasteiger partial charge in [-0.1, -0.05) is 62.4 Å². The zero-order chi connectivity index (χ0) is 25.3.